The molecule has 10 rings (SSSR count). The summed E-state index contributed by atoms with van der Waals surface area (Å²) in [4.78, 5) is 120. The van der Waals surface area contributed by atoms with Crippen molar-refractivity contribution in [2.24, 2.45) is 21.7 Å². The summed E-state index contributed by atoms with van der Waals surface area (Å²) in [5.74, 6) is 18.7. The number of hydrogen-bond acceptors (Lipinski definition) is 19. The number of unbranched alkanes of at least 4 members (excludes halogenated alkanes) is 9. The summed E-state index contributed by atoms with van der Waals surface area (Å²) in [6.45, 7) is 3.13. The summed E-state index contributed by atoms with van der Waals surface area (Å²) >= 11 is 0. The van der Waals surface area contributed by atoms with E-state index in [9.17, 15) is 48.3 Å². The molecule has 0 spiro atoms. The molecule has 788 valence electrons. The van der Waals surface area contributed by atoms with Crippen molar-refractivity contribution in [3.63, 3.8) is 0 Å². The molecule has 0 bridgehead atoms. The topological polar surface area (TPSA) is 281 Å². The number of carbonyl (C=O) groups is 9. The van der Waals surface area contributed by atoms with Crippen molar-refractivity contribution < 1.29 is 90.8 Å². The van der Waals surface area contributed by atoms with Crippen LogP contribution in [0.3, 0.4) is 0 Å². The number of fused-ring (bicyclic) bond motifs is 2. The molecule has 21 nitrogen and oxygen atoms in total. The molecule has 0 aliphatic rings. The predicted octanol–water partition coefficient (Wildman–Crippen LogP) is 26.5. The van der Waals surface area contributed by atoms with Gasteiger partial charge in [0.1, 0.15) is 6.61 Å². The van der Waals surface area contributed by atoms with Crippen LogP contribution in [0.5, 0.6) is 0 Å². The number of esters is 7. The second-order valence-corrected chi connectivity index (χ2v) is 39.2. The van der Waals surface area contributed by atoms with Crippen LogP contribution in [0.2, 0.25) is 0 Å². The quantitative estimate of drug-likeness (QED) is 0.00797. The number of benzene rings is 10. The van der Waals surface area contributed by atoms with Gasteiger partial charge in [-0.25, -0.2) is 38.4 Å². The Morgan fingerprint density at radius 2 is 0.490 bits per heavy atom. The molecule has 0 aliphatic heterocycles. The highest BCUT2D eigenvalue weighted by Crippen LogP contribution is 2.45. The molecule has 0 saturated heterocycles. The number of aliphatic hydroxyl groups excluding tert-OH is 1. The SMILES string of the molecule is BOCCCC(CCCC#CCCCC(CCCC#CCCCC(CCO)(CCCOC(=O)c1ccccc1)CCCOC(=O)c1ccccc1)(CCCC#CCCCC(CCCOC(=O)c1ccccc1)(CCCOC(=O)c1ccccc1)CCCOC(=O)c1ccccc1)CCC(=O)NCCCCCCNC(=O)OCc1c2ccccc2cc2ccccc12)(CCCOC(=O)c1ccccc1)CCOC(=O)c1ccccc1. The second-order valence-electron chi connectivity index (χ2n) is 39.2. The third kappa shape index (κ3) is 44.4. The maximum absolute atomic E-state index is 14.4. The number of rotatable bonds is 70. The van der Waals surface area contributed by atoms with Crippen molar-refractivity contribution in [2.45, 2.75) is 263 Å². The lowest BCUT2D eigenvalue weighted by Crippen LogP contribution is -2.28. The Morgan fingerprint density at radius 1 is 0.248 bits per heavy atom. The lowest BCUT2D eigenvalue weighted by atomic mass is 9.71. The summed E-state index contributed by atoms with van der Waals surface area (Å²) < 4.78 is 52.3. The van der Waals surface area contributed by atoms with Gasteiger partial charge >= 0.3 is 47.9 Å². The summed E-state index contributed by atoms with van der Waals surface area (Å²) in [6.07, 6.45) is 27.3. The number of aliphatic hydroxyl groups is 1. The van der Waals surface area contributed by atoms with Crippen LogP contribution >= 0.6 is 0 Å². The molecule has 10 aromatic carbocycles. The number of nitrogens with one attached hydrogen (secondary N) is 2. The summed E-state index contributed by atoms with van der Waals surface area (Å²) in [7, 11) is 1.70. The first-order chi connectivity index (χ1) is 73.0. The third-order valence-corrected chi connectivity index (χ3v) is 28.4. The number of carbonyl (C=O) groups excluding carboxylic acids is 9. The van der Waals surface area contributed by atoms with E-state index in [1.807, 2.05) is 91.0 Å². The largest absolute Gasteiger partial charge is 0.462 e. The minimum Gasteiger partial charge on any atom is -0.462 e. The van der Waals surface area contributed by atoms with E-state index < -0.39 is 35.9 Å². The lowest BCUT2D eigenvalue weighted by molar-refractivity contribution is -0.121. The Hall–Kier alpha value is -13.6. The average molecular weight is 2020 g/mol. The molecule has 0 fully saturated rings. The van der Waals surface area contributed by atoms with Gasteiger partial charge < -0.3 is 58.3 Å². The van der Waals surface area contributed by atoms with Gasteiger partial charge in [0.15, 0.2) is 0 Å². The van der Waals surface area contributed by atoms with E-state index in [0.717, 1.165) is 149 Å². The zero-order chi connectivity index (χ0) is 105. The molecule has 2 atom stereocenters. The van der Waals surface area contributed by atoms with Crippen LogP contribution in [0, 0.1) is 57.2 Å². The van der Waals surface area contributed by atoms with Crippen LogP contribution in [-0.2, 0) is 54.0 Å². The standard InChI is InChI=1S/C127H153BN2O19/c128-149-99-54-86-127(89-100-147-122(139)109-67-34-21-35-68-109,85-53-98-146-121(138)108-65-32-20-33-66-108)79-45-12-6-4-10-43-77-125(87-73-115(132)129-90-46-13-14-47-91-130-123(140)148-102-114-112-71-38-36-69-110(112)101-111-70-37-39-72-113(111)114,76-42-9-3-5-11-44-78-126(88-92-131,83-51-96-144-119(136)106-61-28-18-29-62-106)84-52-97-145-120(137)107-63-30-19-31-64-107)75-41-8-2-1-7-40-74-124(80-48-93-141-116(133)103-55-22-15-23-56-103,81-49-94-142-117(134)104-57-24-16-25-58-104)82-50-95-143-118(135)105-59-26-17-27-60-105/h15-39,55-72,101,131H,7-14,40-54,73-100,102,128H2,(H,129,132)(H,130,140). The molecule has 2 unspecified atom stereocenters. The van der Waals surface area contributed by atoms with Crippen molar-refractivity contribution in [1.29, 1.82) is 0 Å². The molecular weight excluding hydrogens is 1870 g/mol. The smallest absolute Gasteiger partial charge is 0.407 e. The van der Waals surface area contributed by atoms with E-state index in [2.05, 4.69) is 76.5 Å². The zero-order valence-electron chi connectivity index (χ0n) is 87.5. The molecular formula is C127H153BN2O19. The van der Waals surface area contributed by atoms with Crippen LogP contribution in [-0.4, -0.2) is 139 Å². The van der Waals surface area contributed by atoms with Crippen LogP contribution in [0.15, 0.2) is 267 Å². The van der Waals surface area contributed by atoms with Gasteiger partial charge in [-0.05, 0) is 333 Å². The Balaban J connectivity index is 0.850. The van der Waals surface area contributed by atoms with E-state index >= 15 is 0 Å². The fourth-order valence-corrected chi connectivity index (χ4v) is 20.2. The fourth-order valence-electron chi connectivity index (χ4n) is 20.2. The van der Waals surface area contributed by atoms with Gasteiger partial charge in [-0.1, -0.05) is 189 Å². The molecule has 0 saturated carbocycles. The maximum atomic E-state index is 14.4. The summed E-state index contributed by atoms with van der Waals surface area (Å²) in [6, 6.07) is 81.1. The second kappa shape index (κ2) is 68.8. The molecule has 0 aliphatic carbocycles. The van der Waals surface area contributed by atoms with Gasteiger partial charge in [-0.3, -0.25) is 4.79 Å². The molecule has 22 heteroatoms. The normalized spacial score (nSPS) is 12.0. The van der Waals surface area contributed by atoms with E-state index in [0.29, 0.717) is 193 Å². The maximum Gasteiger partial charge on any atom is 0.407 e. The van der Waals surface area contributed by atoms with Crippen molar-refractivity contribution in [2.75, 3.05) is 72.6 Å². The van der Waals surface area contributed by atoms with Crippen LogP contribution in [0.1, 0.15) is 335 Å². The predicted molar refractivity (Wildman–Crippen MR) is 589 cm³/mol. The van der Waals surface area contributed by atoms with Crippen molar-refractivity contribution in [3.8, 4) is 35.5 Å². The molecule has 3 N–H and O–H groups in total. The first kappa shape index (κ1) is 117. The van der Waals surface area contributed by atoms with Crippen LogP contribution in [0.25, 0.3) is 21.5 Å². The Bertz CT molecular complexity index is 5580. The van der Waals surface area contributed by atoms with E-state index in [1.54, 1.807) is 154 Å². The monoisotopic (exact) mass is 2020 g/mol. The van der Waals surface area contributed by atoms with E-state index in [1.165, 1.54) is 0 Å². The summed E-state index contributed by atoms with van der Waals surface area (Å²) in [5, 5.41) is 21.2. The third-order valence-electron chi connectivity index (χ3n) is 28.4. The highest BCUT2D eigenvalue weighted by atomic mass is 16.6. The van der Waals surface area contributed by atoms with Gasteiger partial charge in [0.05, 0.1) is 85.2 Å². The van der Waals surface area contributed by atoms with Crippen molar-refractivity contribution in [3.05, 3.63) is 311 Å². The van der Waals surface area contributed by atoms with Crippen molar-refractivity contribution >= 4 is 83.4 Å². The minimum atomic E-state index is -0.468. The summed E-state index contributed by atoms with van der Waals surface area (Å²) in [5.41, 5.74) is 3.09. The number of amides is 2. The molecule has 0 radical (unpaired) electrons. The number of hydrogen-bond donors (Lipinski definition) is 3. The Morgan fingerprint density at radius 3 is 0.779 bits per heavy atom. The van der Waals surface area contributed by atoms with Gasteiger partial charge in [0.2, 0.25) is 5.91 Å². The van der Waals surface area contributed by atoms with E-state index in [4.69, 9.17) is 42.5 Å². The molecule has 149 heavy (non-hydrogen) atoms. The number of alkyl carbamates (subject to hydrolysis) is 1. The fraction of sp³-hybridized carbons (Fsp3) is 0.441. The van der Waals surface area contributed by atoms with Gasteiger partial charge in [-0.15, -0.1) is 35.5 Å². The van der Waals surface area contributed by atoms with Crippen LogP contribution in [0.4, 0.5) is 4.79 Å². The number of ether oxygens (including phenoxy) is 8. The molecule has 0 heterocycles. The molecule has 2 amide bonds. The van der Waals surface area contributed by atoms with Gasteiger partial charge in [-0.2, -0.15) is 0 Å². The first-order valence-electron chi connectivity index (χ1n) is 54.1. The average Bonchev–Trinajstić information content (AvgIpc) is 0.775. The lowest BCUT2D eigenvalue weighted by Gasteiger charge is -2.34. The Kier molecular flexibility index (Phi) is 54.2. The Labute approximate surface area is 884 Å². The van der Waals surface area contributed by atoms with Gasteiger partial charge in [0.25, 0.3) is 8.05 Å². The zero-order valence-corrected chi connectivity index (χ0v) is 87.5. The van der Waals surface area contributed by atoms with Crippen LogP contribution < -0.4 is 10.6 Å². The molecule has 0 aromatic heterocycles. The first-order valence-corrected chi connectivity index (χ1v) is 54.1. The molecule has 10 aromatic rings. The van der Waals surface area contributed by atoms with Gasteiger partial charge in [0, 0.05) is 76.8 Å². The van der Waals surface area contributed by atoms with E-state index in [-0.39, 0.29) is 99.0 Å². The highest BCUT2D eigenvalue weighted by Gasteiger charge is 2.35. The minimum absolute atomic E-state index is 0.0117. The highest BCUT2D eigenvalue weighted by molar-refractivity contribution is 6.02. The van der Waals surface area contributed by atoms with Crippen molar-refractivity contribution in [1.82, 2.24) is 10.6 Å².